The Hall–Kier alpha value is -1.57. The first kappa shape index (κ1) is 13.5. The molecule has 7 nitrogen and oxygen atoms in total. The minimum absolute atomic E-state index is 0.0920. The SMILES string of the molecule is CCCCCS(=O)(=O)N(C=O)c1ncncn1. The van der Waals surface area contributed by atoms with Crippen LogP contribution in [0, 0.1) is 0 Å². The van der Waals surface area contributed by atoms with E-state index in [4.69, 9.17) is 0 Å². The summed E-state index contributed by atoms with van der Waals surface area (Å²) in [5.74, 6) is -0.267. The number of hydrogen-bond acceptors (Lipinski definition) is 6. The Kier molecular flexibility index (Phi) is 4.95. The molecule has 1 amide bonds. The van der Waals surface area contributed by atoms with Gasteiger partial charge in [0.15, 0.2) is 0 Å². The average Bonchev–Trinajstić information content (AvgIpc) is 2.31. The van der Waals surface area contributed by atoms with Crippen LogP contribution in [0.15, 0.2) is 12.7 Å². The van der Waals surface area contributed by atoms with Crippen LogP contribution in [0.25, 0.3) is 0 Å². The lowest BCUT2D eigenvalue weighted by molar-refractivity contribution is -0.106. The lowest BCUT2D eigenvalue weighted by Gasteiger charge is -2.14. The highest BCUT2D eigenvalue weighted by Crippen LogP contribution is 2.10. The Bertz CT molecular complexity index is 449. The third-order valence-electron chi connectivity index (χ3n) is 2.08. The molecule has 0 unspecified atom stereocenters. The number of carbonyl (C=O) groups is 1. The lowest BCUT2D eigenvalue weighted by Crippen LogP contribution is -2.33. The summed E-state index contributed by atoms with van der Waals surface area (Å²) in [5.41, 5.74) is 0. The molecule has 0 spiro atoms. The van der Waals surface area contributed by atoms with Crippen LogP contribution in [0.5, 0.6) is 0 Å². The van der Waals surface area contributed by atoms with Gasteiger partial charge in [-0.3, -0.25) is 4.79 Å². The van der Waals surface area contributed by atoms with Crippen molar-refractivity contribution in [3.05, 3.63) is 12.7 Å². The van der Waals surface area contributed by atoms with E-state index >= 15 is 0 Å². The third-order valence-corrected chi connectivity index (χ3v) is 3.73. The average molecular weight is 258 g/mol. The maximum Gasteiger partial charge on any atom is 0.249 e. The second-order valence-corrected chi connectivity index (χ2v) is 5.33. The van der Waals surface area contributed by atoms with Crippen molar-refractivity contribution in [1.82, 2.24) is 15.0 Å². The van der Waals surface area contributed by atoms with Crippen LogP contribution in [0.4, 0.5) is 5.95 Å². The van der Waals surface area contributed by atoms with Gasteiger partial charge in [0.1, 0.15) is 12.7 Å². The largest absolute Gasteiger partial charge is 0.277 e. The number of carbonyl (C=O) groups excluding carboxylic acids is 1. The monoisotopic (exact) mass is 258 g/mol. The van der Waals surface area contributed by atoms with Gasteiger partial charge in [0.2, 0.25) is 22.4 Å². The molecule has 0 bridgehead atoms. The van der Waals surface area contributed by atoms with Crippen LogP contribution in [0.1, 0.15) is 26.2 Å². The van der Waals surface area contributed by atoms with E-state index in [2.05, 4.69) is 15.0 Å². The summed E-state index contributed by atoms with van der Waals surface area (Å²) in [5, 5.41) is 0. The van der Waals surface area contributed by atoms with Gasteiger partial charge in [0, 0.05) is 0 Å². The van der Waals surface area contributed by atoms with Gasteiger partial charge in [-0.25, -0.2) is 13.4 Å². The van der Waals surface area contributed by atoms with Gasteiger partial charge >= 0.3 is 0 Å². The van der Waals surface area contributed by atoms with Gasteiger partial charge in [0.25, 0.3) is 0 Å². The number of rotatable bonds is 7. The van der Waals surface area contributed by atoms with Gasteiger partial charge in [-0.15, -0.1) is 0 Å². The lowest BCUT2D eigenvalue weighted by atomic mass is 10.3. The summed E-state index contributed by atoms with van der Waals surface area (Å²) in [6.45, 7) is 1.97. The van der Waals surface area contributed by atoms with E-state index in [1.165, 1.54) is 0 Å². The molecule has 0 radical (unpaired) electrons. The van der Waals surface area contributed by atoms with Crippen LogP contribution in [0.2, 0.25) is 0 Å². The first-order valence-corrected chi connectivity index (χ1v) is 6.82. The van der Waals surface area contributed by atoms with E-state index in [0.29, 0.717) is 10.7 Å². The fourth-order valence-corrected chi connectivity index (χ4v) is 2.46. The van der Waals surface area contributed by atoms with Crippen molar-refractivity contribution in [2.24, 2.45) is 0 Å². The van der Waals surface area contributed by atoms with E-state index < -0.39 is 10.0 Å². The zero-order chi connectivity index (χ0) is 12.7. The quantitative estimate of drug-likeness (QED) is 0.517. The smallest absolute Gasteiger partial charge is 0.249 e. The Morgan fingerprint density at radius 1 is 1.29 bits per heavy atom. The van der Waals surface area contributed by atoms with Crippen molar-refractivity contribution < 1.29 is 13.2 Å². The fourth-order valence-electron chi connectivity index (χ4n) is 1.22. The molecule has 1 aromatic rings. The number of nitrogens with zero attached hydrogens (tertiary/aromatic N) is 4. The van der Waals surface area contributed by atoms with Crippen LogP contribution in [0.3, 0.4) is 0 Å². The molecule has 1 aromatic heterocycles. The number of sulfonamides is 1. The number of unbranched alkanes of at least 4 members (excludes halogenated alkanes) is 2. The minimum Gasteiger partial charge on any atom is -0.277 e. The zero-order valence-electron chi connectivity index (χ0n) is 9.48. The van der Waals surface area contributed by atoms with Gasteiger partial charge in [-0.2, -0.15) is 14.3 Å². The predicted octanol–water partition coefficient (Wildman–Crippen LogP) is 0.354. The molecule has 17 heavy (non-hydrogen) atoms. The molecule has 94 valence electrons. The maximum atomic E-state index is 11.8. The zero-order valence-corrected chi connectivity index (χ0v) is 10.3. The molecule has 0 aliphatic rings. The molecular formula is C9H14N4O3S. The van der Waals surface area contributed by atoms with Gasteiger partial charge in [0.05, 0.1) is 5.75 Å². The first-order valence-electron chi connectivity index (χ1n) is 5.21. The molecule has 0 aliphatic carbocycles. The minimum atomic E-state index is -3.69. The topological polar surface area (TPSA) is 93.1 Å². The second kappa shape index (κ2) is 6.24. The summed E-state index contributed by atoms with van der Waals surface area (Å²) in [7, 11) is -3.69. The molecule has 0 aliphatic heterocycles. The Morgan fingerprint density at radius 2 is 1.94 bits per heavy atom. The highest BCUT2D eigenvalue weighted by molar-refractivity contribution is 7.93. The summed E-state index contributed by atoms with van der Waals surface area (Å²) < 4.78 is 24.2. The van der Waals surface area contributed by atoms with Crippen LogP contribution in [-0.2, 0) is 14.8 Å². The summed E-state index contributed by atoms with van der Waals surface area (Å²) in [6, 6.07) is 0. The van der Waals surface area contributed by atoms with E-state index in [0.717, 1.165) is 25.5 Å². The van der Waals surface area contributed by atoms with Crippen LogP contribution in [-0.4, -0.2) is 35.5 Å². The molecule has 8 heteroatoms. The summed E-state index contributed by atoms with van der Waals surface area (Å²) >= 11 is 0. The fraction of sp³-hybridized carbons (Fsp3) is 0.556. The molecule has 1 rings (SSSR count). The molecule has 0 aromatic carbocycles. The number of anilines is 1. The molecule has 0 fully saturated rings. The molecule has 0 N–H and O–H groups in total. The Morgan fingerprint density at radius 3 is 2.47 bits per heavy atom. The molecule has 1 heterocycles. The van der Waals surface area contributed by atoms with E-state index in [1.807, 2.05) is 6.92 Å². The first-order chi connectivity index (χ1) is 8.11. The normalized spacial score (nSPS) is 11.1. The van der Waals surface area contributed by atoms with Gasteiger partial charge < -0.3 is 0 Å². The standard InChI is InChI=1S/C9H14N4O3S/c1-2-3-4-5-17(15,16)13(8-14)9-11-6-10-7-12-9/h6-8H,2-5H2,1H3. The van der Waals surface area contributed by atoms with Crippen molar-refractivity contribution in [3.63, 3.8) is 0 Å². The molecular weight excluding hydrogens is 244 g/mol. The van der Waals surface area contributed by atoms with E-state index in [-0.39, 0.29) is 18.1 Å². The van der Waals surface area contributed by atoms with E-state index in [9.17, 15) is 13.2 Å². The Balaban J connectivity index is 2.84. The summed E-state index contributed by atoms with van der Waals surface area (Å²) in [4.78, 5) is 21.7. The Labute approximate surface area is 100.0 Å². The number of amides is 1. The summed E-state index contributed by atoms with van der Waals surface area (Å²) in [6.07, 6.45) is 4.69. The highest BCUT2D eigenvalue weighted by atomic mass is 32.2. The highest BCUT2D eigenvalue weighted by Gasteiger charge is 2.23. The third kappa shape index (κ3) is 3.74. The van der Waals surface area contributed by atoms with Crippen LogP contribution < -0.4 is 4.31 Å². The van der Waals surface area contributed by atoms with Crippen molar-refractivity contribution >= 4 is 22.4 Å². The number of hydrogen-bond donors (Lipinski definition) is 0. The van der Waals surface area contributed by atoms with Gasteiger partial charge in [-0.05, 0) is 6.42 Å². The van der Waals surface area contributed by atoms with Crippen LogP contribution >= 0.6 is 0 Å². The van der Waals surface area contributed by atoms with Gasteiger partial charge in [-0.1, -0.05) is 19.8 Å². The number of aromatic nitrogens is 3. The maximum absolute atomic E-state index is 11.8. The second-order valence-electron chi connectivity index (χ2n) is 3.36. The van der Waals surface area contributed by atoms with Crippen molar-refractivity contribution in [2.75, 3.05) is 10.1 Å². The molecule has 0 saturated carbocycles. The van der Waals surface area contributed by atoms with Crippen molar-refractivity contribution in [1.29, 1.82) is 0 Å². The van der Waals surface area contributed by atoms with E-state index in [1.54, 1.807) is 0 Å². The molecule has 0 saturated heterocycles. The van der Waals surface area contributed by atoms with Crippen molar-refractivity contribution in [3.8, 4) is 0 Å². The van der Waals surface area contributed by atoms with Crippen molar-refractivity contribution in [2.45, 2.75) is 26.2 Å². The molecule has 0 atom stereocenters. The predicted molar refractivity (Wildman–Crippen MR) is 61.7 cm³/mol.